The van der Waals surface area contributed by atoms with E-state index in [1.807, 2.05) is 47.5 Å². The highest BCUT2D eigenvalue weighted by Crippen LogP contribution is 2.40. The number of benzene rings is 2. The number of urea groups is 1. The molecule has 0 aliphatic carbocycles. The van der Waals surface area contributed by atoms with Gasteiger partial charge >= 0.3 is 6.03 Å². The van der Waals surface area contributed by atoms with Crippen molar-refractivity contribution in [2.45, 2.75) is 18.8 Å². The second-order valence-electron chi connectivity index (χ2n) is 9.14. The molecule has 0 bridgehead atoms. The van der Waals surface area contributed by atoms with Gasteiger partial charge in [-0.25, -0.2) is 9.78 Å². The van der Waals surface area contributed by atoms with E-state index in [1.54, 1.807) is 40.6 Å². The van der Waals surface area contributed by atoms with Crippen molar-refractivity contribution < 1.29 is 23.7 Å². The van der Waals surface area contributed by atoms with Gasteiger partial charge in [0.2, 0.25) is 5.75 Å². The number of nitrogens with zero attached hydrogens (tertiary/aromatic N) is 3. The van der Waals surface area contributed by atoms with Crippen molar-refractivity contribution in [3.8, 4) is 34.3 Å². The number of fused-ring (bicyclic) bond motifs is 1. The maximum absolute atomic E-state index is 13.3. The molecule has 1 saturated heterocycles. The van der Waals surface area contributed by atoms with E-state index in [9.17, 15) is 4.79 Å². The zero-order valence-corrected chi connectivity index (χ0v) is 22.1. The lowest BCUT2D eigenvalue weighted by molar-refractivity contribution is 0.191. The summed E-state index contributed by atoms with van der Waals surface area (Å²) in [6.07, 6.45) is 3.86. The minimum Gasteiger partial charge on any atom is -0.497 e. The SMILES string of the molecule is COc1cccc(-c2nc(C3CCCN(C(=O)Nc4cc(OC)c(OC)c(OC)c4)C3)n3ccccc23)c1. The molecule has 1 unspecified atom stereocenters. The molecular weight excluding hydrogens is 484 g/mol. The Balaban J connectivity index is 1.40. The molecule has 38 heavy (non-hydrogen) atoms. The van der Waals surface area contributed by atoms with Gasteiger partial charge in [0.15, 0.2) is 11.5 Å². The normalized spacial score (nSPS) is 15.3. The molecule has 1 aliphatic heterocycles. The summed E-state index contributed by atoms with van der Waals surface area (Å²) in [4.78, 5) is 20.3. The smallest absolute Gasteiger partial charge is 0.321 e. The van der Waals surface area contributed by atoms with E-state index < -0.39 is 0 Å². The lowest BCUT2D eigenvalue weighted by Crippen LogP contribution is -2.42. The first-order chi connectivity index (χ1) is 18.6. The number of likely N-dealkylation sites (tertiary alicyclic amines) is 1. The molecule has 3 heterocycles. The fourth-order valence-corrected chi connectivity index (χ4v) is 5.06. The van der Waals surface area contributed by atoms with Crippen LogP contribution >= 0.6 is 0 Å². The fraction of sp³-hybridized carbons (Fsp3) is 0.310. The number of carbonyl (C=O) groups is 1. The first-order valence-electron chi connectivity index (χ1n) is 12.5. The molecule has 2 aromatic heterocycles. The first kappa shape index (κ1) is 25.3. The Bertz CT molecular complexity index is 1430. The van der Waals surface area contributed by atoms with Gasteiger partial charge in [0.05, 0.1) is 45.3 Å². The van der Waals surface area contributed by atoms with Gasteiger partial charge < -0.3 is 33.6 Å². The van der Waals surface area contributed by atoms with Crippen molar-refractivity contribution in [2.75, 3.05) is 46.8 Å². The largest absolute Gasteiger partial charge is 0.497 e. The van der Waals surface area contributed by atoms with Gasteiger partial charge in [0.1, 0.15) is 11.6 Å². The predicted octanol–water partition coefficient (Wildman–Crippen LogP) is 5.45. The highest BCUT2D eigenvalue weighted by atomic mass is 16.5. The minimum atomic E-state index is -0.183. The highest BCUT2D eigenvalue weighted by molar-refractivity contribution is 5.90. The van der Waals surface area contributed by atoms with E-state index in [1.165, 1.54) is 0 Å². The van der Waals surface area contributed by atoms with Crippen LogP contribution in [0.15, 0.2) is 60.8 Å². The molecule has 4 aromatic rings. The second kappa shape index (κ2) is 10.9. The van der Waals surface area contributed by atoms with Gasteiger partial charge in [0.25, 0.3) is 0 Å². The number of carbonyl (C=O) groups excluding carboxylic acids is 1. The van der Waals surface area contributed by atoms with Crippen molar-refractivity contribution in [3.63, 3.8) is 0 Å². The highest BCUT2D eigenvalue weighted by Gasteiger charge is 2.29. The summed E-state index contributed by atoms with van der Waals surface area (Å²) in [5.41, 5.74) is 3.48. The lowest BCUT2D eigenvalue weighted by atomic mass is 9.97. The van der Waals surface area contributed by atoms with Gasteiger partial charge in [0, 0.05) is 42.9 Å². The number of methoxy groups -OCH3 is 4. The van der Waals surface area contributed by atoms with E-state index in [2.05, 4.69) is 15.8 Å². The number of imidazole rings is 1. The number of hydrogen-bond acceptors (Lipinski definition) is 6. The molecule has 1 aliphatic rings. The predicted molar refractivity (Wildman–Crippen MR) is 146 cm³/mol. The van der Waals surface area contributed by atoms with E-state index in [0.717, 1.165) is 41.2 Å². The zero-order valence-electron chi connectivity index (χ0n) is 22.1. The van der Waals surface area contributed by atoms with E-state index in [-0.39, 0.29) is 11.9 Å². The number of amides is 2. The van der Waals surface area contributed by atoms with Crippen LogP contribution in [0.1, 0.15) is 24.6 Å². The number of aromatic nitrogens is 2. The van der Waals surface area contributed by atoms with Gasteiger partial charge in [-0.1, -0.05) is 18.2 Å². The molecule has 198 valence electrons. The van der Waals surface area contributed by atoms with Crippen LogP contribution in [0.5, 0.6) is 23.0 Å². The summed E-state index contributed by atoms with van der Waals surface area (Å²) in [5.74, 6) is 3.25. The van der Waals surface area contributed by atoms with Gasteiger partial charge in [-0.3, -0.25) is 0 Å². The van der Waals surface area contributed by atoms with Crippen molar-refractivity contribution in [2.24, 2.45) is 0 Å². The van der Waals surface area contributed by atoms with Crippen LogP contribution in [-0.2, 0) is 0 Å². The van der Waals surface area contributed by atoms with E-state index in [0.29, 0.717) is 36.0 Å². The fourth-order valence-electron chi connectivity index (χ4n) is 5.06. The molecule has 2 aromatic carbocycles. The average Bonchev–Trinajstić information content (AvgIpc) is 3.36. The number of pyridine rings is 1. The van der Waals surface area contributed by atoms with Crippen LogP contribution in [0.25, 0.3) is 16.8 Å². The third-order valence-electron chi connectivity index (χ3n) is 6.91. The maximum atomic E-state index is 13.3. The van der Waals surface area contributed by atoms with Crippen LogP contribution in [0.3, 0.4) is 0 Å². The monoisotopic (exact) mass is 516 g/mol. The van der Waals surface area contributed by atoms with Crippen LogP contribution in [0.4, 0.5) is 10.5 Å². The number of rotatable bonds is 7. The van der Waals surface area contributed by atoms with Crippen molar-refractivity contribution >= 4 is 17.2 Å². The Morgan fingerprint density at radius 1 is 0.947 bits per heavy atom. The number of piperidine rings is 1. The number of hydrogen-bond donors (Lipinski definition) is 1. The Kier molecular flexibility index (Phi) is 7.26. The van der Waals surface area contributed by atoms with Crippen molar-refractivity contribution in [1.29, 1.82) is 0 Å². The van der Waals surface area contributed by atoms with E-state index >= 15 is 0 Å². The quantitative estimate of drug-likeness (QED) is 0.352. The Labute approximate surface area is 221 Å². The third kappa shape index (κ3) is 4.79. The molecule has 9 nitrogen and oxygen atoms in total. The molecule has 0 radical (unpaired) electrons. The molecule has 0 spiro atoms. The van der Waals surface area contributed by atoms with Crippen LogP contribution in [0.2, 0.25) is 0 Å². The van der Waals surface area contributed by atoms with Gasteiger partial charge in [-0.15, -0.1) is 0 Å². The summed E-state index contributed by atoms with van der Waals surface area (Å²) in [7, 11) is 6.31. The van der Waals surface area contributed by atoms with Crippen LogP contribution < -0.4 is 24.3 Å². The molecule has 5 rings (SSSR count). The van der Waals surface area contributed by atoms with Crippen LogP contribution in [-0.4, -0.2) is 61.8 Å². The topological polar surface area (TPSA) is 86.6 Å². The van der Waals surface area contributed by atoms with Crippen LogP contribution in [0, 0.1) is 0 Å². The van der Waals surface area contributed by atoms with E-state index in [4.69, 9.17) is 23.9 Å². The summed E-state index contributed by atoms with van der Waals surface area (Å²) in [6.45, 7) is 1.22. The average molecular weight is 517 g/mol. The Morgan fingerprint density at radius 2 is 1.74 bits per heavy atom. The molecule has 9 heteroatoms. The minimum absolute atomic E-state index is 0.0868. The van der Waals surface area contributed by atoms with Gasteiger partial charge in [-0.05, 0) is 37.1 Å². The maximum Gasteiger partial charge on any atom is 0.321 e. The lowest BCUT2D eigenvalue weighted by Gasteiger charge is -2.32. The number of nitrogens with one attached hydrogen (secondary N) is 1. The summed E-state index contributed by atoms with van der Waals surface area (Å²) in [6, 6.07) is 17.3. The summed E-state index contributed by atoms with van der Waals surface area (Å²) < 4.78 is 23.8. The summed E-state index contributed by atoms with van der Waals surface area (Å²) >= 11 is 0. The number of anilines is 1. The van der Waals surface area contributed by atoms with Crippen molar-refractivity contribution in [1.82, 2.24) is 14.3 Å². The Morgan fingerprint density at radius 3 is 2.45 bits per heavy atom. The van der Waals surface area contributed by atoms with Gasteiger partial charge in [-0.2, -0.15) is 0 Å². The molecular formula is C29H32N4O5. The number of ether oxygens (including phenoxy) is 4. The molecule has 1 fully saturated rings. The molecule has 0 saturated carbocycles. The van der Waals surface area contributed by atoms with Crippen molar-refractivity contribution in [3.05, 3.63) is 66.6 Å². The molecule has 1 atom stereocenters. The zero-order chi connectivity index (χ0) is 26.6. The molecule has 2 amide bonds. The Hall–Kier alpha value is -4.40. The molecule has 1 N–H and O–H groups in total. The third-order valence-corrected chi connectivity index (χ3v) is 6.91. The second-order valence-corrected chi connectivity index (χ2v) is 9.14. The first-order valence-corrected chi connectivity index (χ1v) is 12.5. The standard InChI is InChI=1S/C29H32N4O5/c1-35-22-11-7-9-19(15-22)26-23-12-5-6-14-33(23)28(31-26)20-10-8-13-32(18-20)29(34)30-21-16-24(36-2)27(38-4)25(17-21)37-3/h5-7,9,11-12,14-17,20H,8,10,13,18H2,1-4H3,(H,30,34). The summed E-state index contributed by atoms with van der Waals surface area (Å²) in [5, 5.41) is 3.00.